The first kappa shape index (κ1) is 30.2. The molecule has 3 aromatic rings. The molecule has 0 spiro atoms. The molecule has 6 atom stereocenters. The van der Waals surface area contributed by atoms with Crippen LogP contribution in [0.3, 0.4) is 0 Å². The Kier molecular flexibility index (Phi) is 7.16. The van der Waals surface area contributed by atoms with E-state index in [1.54, 1.807) is 0 Å². The third kappa shape index (κ3) is 4.74. The van der Waals surface area contributed by atoms with Crippen molar-refractivity contribution in [2.75, 3.05) is 43.5 Å². The second kappa shape index (κ2) is 10.9. The van der Waals surface area contributed by atoms with Crippen LogP contribution >= 0.6 is 11.6 Å². The van der Waals surface area contributed by atoms with Gasteiger partial charge in [-0.25, -0.2) is 9.37 Å². The number of benzene rings is 1. The van der Waals surface area contributed by atoms with Crippen LogP contribution < -0.4 is 25.4 Å². The van der Waals surface area contributed by atoms with Gasteiger partial charge in [0.2, 0.25) is 5.88 Å². The van der Waals surface area contributed by atoms with Gasteiger partial charge >= 0.3 is 12.2 Å². The van der Waals surface area contributed by atoms with Crippen molar-refractivity contribution in [3.63, 3.8) is 0 Å². The quantitative estimate of drug-likeness (QED) is 0.300. The maximum absolute atomic E-state index is 16.9. The molecule has 46 heavy (non-hydrogen) atoms. The molecule has 7 heterocycles. The normalized spacial score (nSPS) is 29.0. The Balaban J connectivity index is 1.31. The number of alkyl halides is 3. The van der Waals surface area contributed by atoms with Crippen LogP contribution in [0.5, 0.6) is 11.9 Å². The van der Waals surface area contributed by atoms with E-state index in [9.17, 15) is 13.2 Å². The summed E-state index contributed by atoms with van der Waals surface area (Å²) in [7, 11) is 0. The van der Waals surface area contributed by atoms with E-state index >= 15 is 4.39 Å². The van der Waals surface area contributed by atoms with Crippen molar-refractivity contribution in [3.05, 3.63) is 28.0 Å². The Hall–Kier alpha value is -3.20. The summed E-state index contributed by atoms with van der Waals surface area (Å²) in [6.45, 7) is 6.09. The third-order valence-corrected chi connectivity index (χ3v) is 10.6. The number of fused-ring (bicyclic) bond motifs is 6. The first-order valence-electron chi connectivity index (χ1n) is 15.7. The van der Waals surface area contributed by atoms with Crippen LogP contribution in [0, 0.1) is 12.7 Å². The molecule has 2 bridgehead atoms. The van der Waals surface area contributed by atoms with Gasteiger partial charge < -0.3 is 30.2 Å². The summed E-state index contributed by atoms with van der Waals surface area (Å²) in [5.41, 5.74) is 2.99. The lowest BCUT2D eigenvalue weighted by Gasteiger charge is -2.42. The number of aromatic nitrogens is 3. The first-order valence-corrected chi connectivity index (χ1v) is 16.1. The molecule has 0 saturated carbocycles. The minimum Gasteiger partial charge on any atom is -0.472 e. The number of nitrogens with two attached hydrogens (primary N) is 1. The molecule has 2 aromatic heterocycles. The van der Waals surface area contributed by atoms with Gasteiger partial charge in [0.05, 0.1) is 35.5 Å². The van der Waals surface area contributed by atoms with Gasteiger partial charge in [0, 0.05) is 42.8 Å². The van der Waals surface area contributed by atoms with Crippen molar-refractivity contribution >= 4 is 34.0 Å². The molecule has 246 valence electrons. The number of rotatable bonds is 4. The van der Waals surface area contributed by atoms with Crippen LogP contribution in [0.4, 0.5) is 29.1 Å². The van der Waals surface area contributed by atoms with E-state index in [4.69, 9.17) is 36.5 Å². The zero-order valence-corrected chi connectivity index (χ0v) is 26.1. The fourth-order valence-corrected chi connectivity index (χ4v) is 8.46. The van der Waals surface area contributed by atoms with E-state index in [0.29, 0.717) is 31.6 Å². The Morgan fingerprint density at radius 2 is 2.00 bits per heavy atom. The second-order valence-electron chi connectivity index (χ2n) is 13.0. The summed E-state index contributed by atoms with van der Waals surface area (Å²) in [6.07, 6.45) is -1.58. The van der Waals surface area contributed by atoms with Crippen LogP contribution in [0.2, 0.25) is 5.02 Å². The third-order valence-electron chi connectivity index (χ3n) is 10.2. The number of nitrogens with zero attached hydrogens (tertiary/aromatic N) is 5. The molecule has 0 aliphatic carbocycles. The fraction of sp³-hybridized carbons (Fsp3) is 0.581. The number of morpholine rings is 1. The fourth-order valence-electron chi connectivity index (χ4n) is 8.23. The summed E-state index contributed by atoms with van der Waals surface area (Å²) in [6, 6.07) is 1.56. The zero-order chi connectivity index (χ0) is 32.1. The number of anilines is 2. The summed E-state index contributed by atoms with van der Waals surface area (Å²) < 4.78 is 78.6. The number of aryl methyl sites for hydroxylation is 1. The van der Waals surface area contributed by atoms with Gasteiger partial charge in [-0.15, -0.1) is 0 Å². The molecule has 0 radical (unpaired) electrons. The topological polar surface area (TPSA) is 111 Å². The Labute approximate surface area is 267 Å². The molecule has 1 aromatic carbocycles. The molecule has 4 saturated heterocycles. The van der Waals surface area contributed by atoms with Gasteiger partial charge in [0.1, 0.15) is 35.1 Å². The van der Waals surface area contributed by atoms with Gasteiger partial charge in [0.15, 0.2) is 5.82 Å². The molecule has 8 rings (SSSR count). The highest BCUT2D eigenvalue weighted by Gasteiger charge is 2.48. The number of nitrogens with one attached hydrogen (secondary N) is 1. The van der Waals surface area contributed by atoms with E-state index in [1.807, 2.05) is 6.92 Å². The van der Waals surface area contributed by atoms with Crippen molar-refractivity contribution in [3.8, 4) is 23.1 Å². The Morgan fingerprint density at radius 3 is 2.80 bits per heavy atom. The van der Waals surface area contributed by atoms with Crippen LogP contribution in [0.1, 0.15) is 43.7 Å². The molecule has 5 aliphatic heterocycles. The summed E-state index contributed by atoms with van der Waals surface area (Å²) in [5.74, 6) is -0.768. The summed E-state index contributed by atoms with van der Waals surface area (Å²) >= 11 is 6.43. The number of hydrogen-bond donors (Lipinski definition) is 2. The van der Waals surface area contributed by atoms with Gasteiger partial charge in [-0.3, -0.25) is 4.90 Å². The number of nitrogen functional groups attached to an aromatic ring is 1. The SMILES string of the molecule is Cc1cc(N)c(Cl)c(-c2nc3c4c(nc(OC[C@@H]5CC[C@H]6COCCN65)nc4c2F)N2C[C@H]4CC[C@H](N4)[C@H]2[C@H](C)O3)c1C(F)(F)F. The highest BCUT2D eigenvalue weighted by molar-refractivity contribution is 6.36. The number of piperazine rings is 1. The molecule has 5 aliphatic rings. The number of halogens is 5. The van der Waals surface area contributed by atoms with Gasteiger partial charge in [-0.05, 0) is 51.2 Å². The smallest absolute Gasteiger partial charge is 0.417 e. The average Bonchev–Trinajstić information content (AvgIpc) is 3.57. The molecule has 15 heteroatoms. The van der Waals surface area contributed by atoms with Crippen molar-refractivity contribution in [2.24, 2.45) is 0 Å². The summed E-state index contributed by atoms with van der Waals surface area (Å²) in [4.78, 5) is 18.2. The standard InChI is InChI=1S/C31H34ClF4N7O3/c1-13-9-18(37)23(32)20(22(13)31(34,35)36)25-24(33)26-21-28(41-30(40-26)45-12-17-5-4-16-11-44-8-7-42(16)17)43-10-15-3-6-19(38-15)27(43)14(2)46-29(21)39-25/h9,14-17,19,27,38H,3-8,10-12,37H2,1-2H3/t14-,15+,16-,17-,19-,27+/m0/s1. The summed E-state index contributed by atoms with van der Waals surface area (Å²) in [5, 5.41) is 3.37. The highest BCUT2D eigenvalue weighted by Crippen LogP contribution is 2.49. The number of ether oxygens (including phenoxy) is 3. The second-order valence-corrected chi connectivity index (χ2v) is 13.4. The van der Waals surface area contributed by atoms with Gasteiger partial charge in [-0.2, -0.15) is 23.1 Å². The van der Waals surface area contributed by atoms with Crippen LogP contribution in [-0.4, -0.2) is 89.1 Å². The zero-order valence-electron chi connectivity index (χ0n) is 25.3. The van der Waals surface area contributed by atoms with Crippen molar-refractivity contribution < 1.29 is 31.8 Å². The monoisotopic (exact) mass is 663 g/mol. The average molecular weight is 664 g/mol. The minimum atomic E-state index is -4.88. The van der Waals surface area contributed by atoms with Crippen LogP contribution in [0.25, 0.3) is 22.2 Å². The van der Waals surface area contributed by atoms with E-state index in [1.165, 1.54) is 6.92 Å². The number of hydrogen-bond acceptors (Lipinski definition) is 10. The highest BCUT2D eigenvalue weighted by atomic mass is 35.5. The predicted molar refractivity (Wildman–Crippen MR) is 163 cm³/mol. The lowest BCUT2D eigenvalue weighted by Crippen LogP contribution is -2.62. The molecular weight excluding hydrogens is 630 g/mol. The molecule has 10 nitrogen and oxygen atoms in total. The van der Waals surface area contributed by atoms with Crippen LogP contribution in [-0.2, 0) is 10.9 Å². The van der Waals surface area contributed by atoms with Gasteiger partial charge in [0.25, 0.3) is 0 Å². The van der Waals surface area contributed by atoms with Crippen molar-refractivity contribution in [1.29, 1.82) is 0 Å². The minimum absolute atomic E-state index is 0.0636. The molecule has 4 fully saturated rings. The first-order chi connectivity index (χ1) is 22.0. The Morgan fingerprint density at radius 1 is 1.17 bits per heavy atom. The molecular formula is C31H34ClF4N7O3. The lowest BCUT2D eigenvalue weighted by molar-refractivity contribution is -0.137. The number of pyridine rings is 1. The maximum Gasteiger partial charge on any atom is 0.417 e. The van der Waals surface area contributed by atoms with E-state index in [2.05, 4.69) is 25.1 Å². The molecule has 3 N–H and O–H groups in total. The van der Waals surface area contributed by atoms with E-state index in [0.717, 1.165) is 38.3 Å². The molecule has 0 amide bonds. The Bertz CT molecular complexity index is 1730. The van der Waals surface area contributed by atoms with Crippen molar-refractivity contribution in [2.45, 2.75) is 82.0 Å². The van der Waals surface area contributed by atoms with Gasteiger partial charge in [-0.1, -0.05) is 11.6 Å². The van der Waals surface area contributed by atoms with Crippen molar-refractivity contribution in [1.82, 2.24) is 25.2 Å². The maximum atomic E-state index is 16.9. The predicted octanol–water partition coefficient (Wildman–Crippen LogP) is 4.73. The largest absolute Gasteiger partial charge is 0.472 e. The van der Waals surface area contributed by atoms with Crippen LogP contribution in [0.15, 0.2) is 6.07 Å². The lowest BCUT2D eigenvalue weighted by atomic mass is 9.96. The molecule has 0 unspecified atom stereocenters. The van der Waals surface area contributed by atoms with E-state index in [-0.39, 0.29) is 64.8 Å². The van der Waals surface area contributed by atoms with E-state index < -0.39 is 39.9 Å².